The number of nitrogens with one attached hydrogen (secondary N) is 1. The standard InChI is InChI=1S/C19H14F3N5O3S/c1-18(2)15(28)26(11-4-3-10(8-23)13(7-11)19(20,21)22)17(31)27(18)12-5-6-14(24-9-12)25-16(29)30/h3-7,9H,1-2H3,(H,24,25)(H,29,30). The summed E-state index contributed by atoms with van der Waals surface area (Å²) < 4.78 is 40.1. The molecule has 0 saturated carbocycles. The molecule has 0 radical (unpaired) electrons. The van der Waals surface area contributed by atoms with Crippen molar-refractivity contribution in [1.29, 1.82) is 5.26 Å². The van der Waals surface area contributed by atoms with Gasteiger partial charge in [-0.2, -0.15) is 18.4 Å². The van der Waals surface area contributed by atoms with E-state index in [4.69, 9.17) is 22.6 Å². The summed E-state index contributed by atoms with van der Waals surface area (Å²) in [6, 6.07) is 7.23. The number of thiocarbonyl (C=S) groups is 1. The van der Waals surface area contributed by atoms with Gasteiger partial charge < -0.3 is 10.0 Å². The first kappa shape index (κ1) is 22.0. The highest BCUT2D eigenvalue weighted by Crippen LogP contribution is 2.39. The van der Waals surface area contributed by atoms with Crippen molar-refractivity contribution in [1.82, 2.24) is 4.98 Å². The van der Waals surface area contributed by atoms with Gasteiger partial charge in [-0.1, -0.05) is 0 Å². The largest absolute Gasteiger partial charge is 0.465 e. The number of carbonyl (C=O) groups is 2. The number of carboxylic acid groups (broad SMARTS) is 1. The number of nitriles is 1. The minimum Gasteiger partial charge on any atom is -0.465 e. The number of halogens is 3. The molecule has 1 aromatic carbocycles. The van der Waals surface area contributed by atoms with Gasteiger partial charge in [-0.15, -0.1) is 0 Å². The Morgan fingerprint density at radius 3 is 2.42 bits per heavy atom. The second-order valence-corrected chi connectivity index (χ2v) is 7.35. The Hall–Kier alpha value is -3.72. The number of pyridine rings is 1. The molecule has 0 atom stereocenters. The van der Waals surface area contributed by atoms with Crippen LogP contribution in [0.3, 0.4) is 0 Å². The lowest BCUT2D eigenvalue weighted by Gasteiger charge is -2.29. The highest BCUT2D eigenvalue weighted by atomic mass is 32.1. The molecule has 1 saturated heterocycles. The van der Waals surface area contributed by atoms with Crippen molar-refractivity contribution in [3.8, 4) is 6.07 Å². The van der Waals surface area contributed by atoms with E-state index in [0.29, 0.717) is 11.8 Å². The predicted octanol–water partition coefficient (Wildman–Crippen LogP) is 3.98. The lowest BCUT2D eigenvalue weighted by Crippen LogP contribution is -2.44. The molecule has 8 nitrogen and oxygen atoms in total. The van der Waals surface area contributed by atoms with E-state index in [0.717, 1.165) is 11.0 Å². The van der Waals surface area contributed by atoms with Gasteiger partial charge in [0, 0.05) is 0 Å². The van der Waals surface area contributed by atoms with Crippen molar-refractivity contribution in [3.63, 3.8) is 0 Å². The predicted molar refractivity (Wildman–Crippen MR) is 109 cm³/mol. The Balaban J connectivity index is 2.04. The molecule has 2 N–H and O–H groups in total. The van der Waals surface area contributed by atoms with Gasteiger partial charge in [0.2, 0.25) is 0 Å². The van der Waals surface area contributed by atoms with Gasteiger partial charge in [-0.3, -0.25) is 15.0 Å². The van der Waals surface area contributed by atoms with E-state index >= 15 is 0 Å². The van der Waals surface area contributed by atoms with Crippen molar-refractivity contribution in [2.45, 2.75) is 25.6 Å². The summed E-state index contributed by atoms with van der Waals surface area (Å²) in [5.74, 6) is -0.535. The third-order valence-corrected chi connectivity index (χ3v) is 4.96. The molecule has 1 aliphatic rings. The van der Waals surface area contributed by atoms with E-state index in [9.17, 15) is 22.8 Å². The Morgan fingerprint density at radius 1 is 1.26 bits per heavy atom. The summed E-state index contributed by atoms with van der Waals surface area (Å²) in [4.78, 5) is 30.1. The Bertz CT molecular complexity index is 1130. The number of anilines is 3. The Kier molecular flexibility index (Phi) is 5.33. The number of nitrogens with zero attached hydrogens (tertiary/aromatic N) is 4. The summed E-state index contributed by atoms with van der Waals surface area (Å²) in [6.45, 7) is 3.08. The number of hydrogen-bond donors (Lipinski definition) is 2. The molecule has 1 aromatic heterocycles. The highest BCUT2D eigenvalue weighted by molar-refractivity contribution is 7.81. The number of aromatic nitrogens is 1. The zero-order valence-electron chi connectivity index (χ0n) is 16.1. The van der Waals surface area contributed by atoms with E-state index in [1.165, 1.54) is 35.4 Å². The zero-order chi connectivity index (χ0) is 23.1. The molecule has 1 aliphatic heterocycles. The lowest BCUT2D eigenvalue weighted by atomic mass is 10.0. The quantitative estimate of drug-likeness (QED) is 0.682. The summed E-state index contributed by atoms with van der Waals surface area (Å²) in [7, 11) is 0. The molecule has 0 aliphatic carbocycles. The smallest absolute Gasteiger partial charge is 0.417 e. The molecule has 0 unspecified atom stereocenters. The topological polar surface area (TPSA) is 110 Å². The summed E-state index contributed by atoms with van der Waals surface area (Å²) in [5.41, 5.74) is -2.81. The molecule has 0 bridgehead atoms. The van der Waals surface area contributed by atoms with Gasteiger partial charge in [0.15, 0.2) is 5.11 Å². The first-order valence-electron chi connectivity index (χ1n) is 8.64. The maximum atomic E-state index is 13.4. The van der Waals surface area contributed by atoms with Crippen LogP contribution in [0.4, 0.5) is 35.2 Å². The number of rotatable bonds is 3. The van der Waals surface area contributed by atoms with Crippen LogP contribution in [0.2, 0.25) is 0 Å². The SMILES string of the molecule is CC1(C)C(=O)N(c2ccc(C#N)c(C(F)(F)F)c2)C(=S)N1c1ccc(NC(=O)O)nc1. The number of carbonyl (C=O) groups excluding carboxylic acids is 1. The normalized spacial score (nSPS) is 15.7. The molecule has 160 valence electrons. The molecule has 2 amide bonds. The average Bonchev–Trinajstić information content (AvgIpc) is 2.85. The van der Waals surface area contributed by atoms with Crippen LogP contribution in [-0.2, 0) is 11.0 Å². The molecule has 1 fully saturated rings. The maximum Gasteiger partial charge on any atom is 0.417 e. The fraction of sp³-hybridized carbons (Fsp3) is 0.211. The van der Waals surface area contributed by atoms with Crippen molar-refractivity contribution < 1.29 is 27.9 Å². The van der Waals surface area contributed by atoms with E-state index < -0.39 is 34.8 Å². The third kappa shape index (κ3) is 3.87. The van der Waals surface area contributed by atoms with E-state index in [2.05, 4.69) is 10.3 Å². The van der Waals surface area contributed by atoms with Gasteiger partial charge in [0.25, 0.3) is 5.91 Å². The fourth-order valence-corrected chi connectivity index (χ4v) is 3.68. The van der Waals surface area contributed by atoms with E-state index in [-0.39, 0.29) is 16.6 Å². The van der Waals surface area contributed by atoms with Gasteiger partial charge >= 0.3 is 12.3 Å². The molecule has 2 aromatic rings. The van der Waals surface area contributed by atoms with Gasteiger partial charge in [0.05, 0.1) is 34.8 Å². The van der Waals surface area contributed by atoms with Gasteiger partial charge in [0.1, 0.15) is 11.4 Å². The molecule has 3 rings (SSSR count). The first-order chi connectivity index (χ1) is 14.4. The summed E-state index contributed by atoms with van der Waals surface area (Å²) >= 11 is 5.40. The van der Waals surface area contributed by atoms with Gasteiger partial charge in [-0.05, 0) is 56.4 Å². The minimum absolute atomic E-state index is 0.0456. The monoisotopic (exact) mass is 449 g/mol. The van der Waals surface area contributed by atoms with Crippen molar-refractivity contribution in [2.24, 2.45) is 0 Å². The van der Waals surface area contributed by atoms with Crippen LogP contribution in [0.15, 0.2) is 36.5 Å². The maximum absolute atomic E-state index is 13.4. The van der Waals surface area contributed by atoms with Gasteiger partial charge in [-0.25, -0.2) is 9.78 Å². The second kappa shape index (κ2) is 7.51. The van der Waals surface area contributed by atoms with Crippen LogP contribution in [-0.4, -0.2) is 32.7 Å². The van der Waals surface area contributed by atoms with E-state index in [1.807, 2.05) is 0 Å². The second-order valence-electron chi connectivity index (χ2n) is 6.99. The number of amides is 2. The number of alkyl halides is 3. The summed E-state index contributed by atoms with van der Waals surface area (Å²) in [5, 5.41) is 19.7. The zero-order valence-corrected chi connectivity index (χ0v) is 16.9. The Labute approximate surface area is 179 Å². The van der Waals surface area contributed by atoms with Crippen LogP contribution in [0.1, 0.15) is 25.0 Å². The van der Waals surface area contributed by atoms with E-state index in [1.54, 1.807) is 13.8 Å². The van der Waals surface area contributed by atoms with Crippen LogP contribution in [0.5, 0.6) is 0 Å². The average molecular weight is 449 g/mol. The molecule has 12 heteroatoms. The van der Waals surface area contributed by atoms with Crippen molar-refractivity contribution >= 4 is 46.5 Å². The summed E-state index contributed by atoms with van der Waals surface area (Å²) in [6.07, 6.45) is -4.81. The van der Waals surface area contributed by atoms with Crippen molar-refractivity contribution in [3.05, 3.63) is 47.7 Å². The Morgan fingerprint density at radius 2 is 1.90 bits per heavy atom. The van der Waals surface area contributed by atoms with Crippen LogP contribution < -0.4 is 15.1 Å². The number of benzene rings is 1. The fourth-order valence-electron chi connectivity index (χ4n) is 3.16. The lowest BCUT2D eigenvalue weighted by molar-refractivity contribution is -0.137. The van der Waals surface area contributed by atoms with Crippen LogP contribution >= 0.6 is 12.2 Å². The molecule has 2 heterocycles. The minimum atomic E-state index is -4.79. The molecular formula is C19H14F3N5O3S. The highest BCUT2D eigenvalue weighted by Gasteiger charge is 2.50. The molecule has 0 spiro atoms. The third-order valence-electron chi connectivity index (χ3n) is 4.60. The first-order valence-corrected chi connectivity index (χ1v) is 9.05. The van der Waals surface area contributed by atoms with Crippen LogP contribution in [0, 0.1) is 11.3 Å². The molecule has 31 heavy (non-hydrogen) atoms. The number of hydrogen-bond acceptors (Lipinski definition) is 5. The van der Waals surface area contributed by atoms with Crippen LogP contribution in [0.25, 0.3) is 0 Å². The molecular weight excluding hydrogens is 435 g/mol. The van der Waals surface area contributed by atoms with Crippen molar-refractivity contribution in [2.75, 3.05) is 15.1 Å².